The Morgan fingerprint density at radius 1 is 1.42 bits per heavy atom. The van der Waals surface area contributed by atoms with Crippen molar-refractivity contribution < 1.29 is 4.79 Å². The van der Waals surface area contributed by atoms with Crippen LogP contribution in [0.4, 0.5) is 5.13 Å². The fourth-order valence-corrected chi connectivity index (χ4v) is 4.02. The van der Waals surface area contributed by atoms with E-state index in [2.05, 4.69) is 20.3 Å². The van der Waals surface area contributed by atoms with E-state index >= 15 is 0 Å². The number of carbonyl (C=O) groups is 1. The summed E-state index contributed by atoms with van der Waals surface area (Å²) in [6, 6.07) is 1.55. The molecular weight excluding hydrogens is 350 g/mol. The number of aryl methyl sites for hydroxylation is 1. The molecule has 0 radical (unpaired) electrons. The highest BCUT2D eigenvalue weighted by Crippen LogP contribution is 2.27. The van der Waals surface area contributed by atoms with Crippen LogP contribution in [-0.2, 0) is 11.2 Å². The molecule has 1 aliphatic rings. The summed E-state index contributed by atoms with van der Waals surface area (Å²) in [5.41, 5.74) is 0.303. The zero-order valence-electron chi connectivity index (χ0n) is 15.9. The molecule has 0 aromatic carbocycles. The summed E-state index contributed by atoms with van der Waals surface area (Å²) in [5.74, 6) is 0.468. The molecule has 142 valence electrons. The molecule has 0 spiro atoms. The lowest BCUT2D eigenvalue weighted by atomic mass is 9.94. The molecule has 1 amide bonds. The number of aromatic nitrogens is 3. The Hall–Kier alpha value is -1.96. The average Bonchev–Trinajstić information content (AvgIpc) is 3.03. The van der Waals surface area contributed by atoms with E-state index < -0.39 is 0 Å². The summed E-state index contributed by atoms with van der Waals surface area (Å²) in [7, 11) is 0. The highest BCUT2D eigenvalue weighted by molar-refractivity contribution is 7.20. The molecule has 1 unspecified atom stereocenters. The smallest absolute Gasteiger partial charge is 0.275 e. The fourth-order valence-electron chi connectivity index (χ4n) is 3.06. The SMILES string of the molecule is CCc1cc(=O)n2nc(N3CCCC(CNC(=O)C(C)(C)C)C3)sc2n1. The number of nitrogens with one attached hydrogen (secondary N) is 1. The topological polar surface area (TPSA) is 79.6 Å². The molecule has 7 nitrogen and oxygen atoms in total. The van der Waals surface area contributed by atoms with Crippen molar-refractivity contribution in [2.24, 2.45) is 11.3 Å². The molecule has 0 saturated carbocycles. The number of amides is 1. The Kier molecular flexibility index (Phi) is 5.32. The van der Waals surface area contributed by atoms with Gasteiger partial charge in [0.25, 0.3) is 5.56 Å². The maximum Gasteiger partial charge on any atom is 0.275 e. The molecule has 2 aromatic rings. The zero-order chi connectivity index (χ0) is 18.9. The van der Waals surface area contributed by atoms with Gasteiger partial charge in [-0.15, -0.1) is 5.10 Å². The molecule has 26 heavy (non-hydrogen) atoms. The van der Waals surface area contributed by atoms with Gasteiger partial charge in [0.15, 0.2) is 0 Å². The van der Waals surface area contributed by atoms with Crippen LogP contribution in [0.2, 0.25) is 0 Å². The Morgan fingerprint density at radius 3 is 2.88 bits per heavy atom. The standard InChI is InChI=1S/C18H27N5O2S/c1-5-13-9-14(24)23-16(20-13)26-17(21-23)22-8-6-7-12(11-22)10-19-15(25)18(2,3)4/h9,12H,5-8,10-11H2,1-4H3,(H,19,25). The molecule has 3 rings (SSSR count). The first-order valence-corrected chi connectivity index (χ1v) is 10.0. The van der Waals surface area contributed by atoms with Gasteiger partial charge in [-0.3, -0.25) is 9.59 Å². The fraction of sp³-hybridized carbons (Fsp3) is 0.667. The van der Waals surface area contributed by atoms with E-state index in [0.717, 1.165) is 43.2 Å². The molecule has 0 aliphatic carbocycles. The summed E-state index contributed by atoms with van der Waals surface area (Å²) in [4.78, 5) is 31.7. The molecule has 1 saturated heterocycles. The minimum Gasteiger partial charge on any atom is -0.355 e. The van der Waals surface area contributed by atoms with Crippen LogP contribution in [0.5, 0.6) is 0 Å². The largest absolute Gasteiger partial charge is 0.355 e. The van der Waals surface area contributed by atoms with Gasteiger partial charge in [0.05, 0.1) is 0 Å². The molecule has 8 heteroatoms. The van der Waals surface area contributed by atoms with Gasteiger partial charge >= 0.3 is 0 Å². The number of fused-ring (bicyclic) bond motifs is 1. The normalized spacial score (nSPS) is 18.3. The van der Waals surface area contributed by atoms with Crippen molar-refractivity contribution in [1.29, 1.82) is 0 Å². The van der Waals surface area contributed by atoms with E-state index in [1.54, 1.807) is 6.07 Å². The molecule has 1 aliphatic heterocycles. The van der Waals surface area contributed by atoms with Crippen LogP contribution < -0.4 is 15.8 Å². The van der Waals surface area contributed by atoms with Crippen molar-refractivity contribution in [3.05, 3.63) is 22.1 Å². The molecular formula is C18H27N5O2S. The van der Waals surface area contributed by atoms with Crippen molar-refractivity contribution in [1.82, 2.24) is 19.9 Å². The van der Waals surface area contributed by atoms with Crippen molar-refractivity contribution >= 4 is 27.3 Å². The summed E-state index contributed by atoms with van der Waals surface area (Å²) >= 11 is 1.46. The monoisotopic (exact) mass is 377 g/mol. The third-order valence-electron chi connectivity index (χ3n) is 4.67. The van der Waals surface area contributed by atoms with Gasteiger partial charge < -0.3 is 10.2 Å². The zero-order valence-corrected chi connectivity index (χ0v) is 16.7. The van der Waals surface area contributed by atoms with Gasteiger partial charge in [0, 0.05) is 36.8 Å². The van der Waals surface area contributed by atoms with Crippen LogP contribution in [0, 0.1) is 11.3 Å². The van der Waals surface area contributed by atoms with Gasteiger partial charge in [0.1, 0.15) is 0 Å². The number of anilines is 1. The predicted octanol–water partition coefficient (Wildman–Crippen LogP) is 2.09. The van der Waals surface area contributed by atoms with E-state index in [-0.39, 0.29) is 16.9 Å². The predicted molar refractivity (Wildman–Crippen MR) is 104 cm³/mol. The minimum absolute atomic E-state index is 0.0810. The van der Waals surface area contributed by atoms with Gasteiger partial charge in [0.2, 0.25) is 16.0 Å². The molecule has 0 bridgehead atoms. The quantitative estimate of drug-likeness (QED) is 0.883. The lowest BCUT2D eigenvalue weighted by molar-refractivity contribution is -0.128. The van der Waals surface area contributed by atoms with E-state index in [9.17, 15) is 9.59 Å². The van der Waals surface area contributed by atoms with Crippen molar-refractivity contribution in [3.63, 3.8) is 0 Å². The second kappa shape index (κ2) is 7.34. The maximum atomic E-state index is 12.2. The van der Waals surface area contributed by atoms with Crippen LogP contribution in [0.1, 0.15) is 46.2 Å². The van der Waals surface area contributed by atoms with E-state index in [1.807, 2.05) is 27.7 Å². The summed E-state index contributed by atoms with van der Waals surface area (Å²) in [5, 5.41) is 8.37. The van der Waals surface area contributed by atoms with Gasteiger partial charge in [-0.1, -0.05) is 39.0 Å². The number of rotatable bonds is 4. The minimum atomic E-state index is -0.370. The van der Waals surface area contributed by atoms with Gasteiger partial charge in [-0.2, -0.15) is 4.52 Å². The highest BCUT2D eigenvalue weighted by atomic mass is 32.1. The van der Waals surface area contributed by atoms with Crippen LogP contribution in [0.25, 0.3) is 4.96 Å². The first kappa shape index (κ1) is 18.8. The molecule has 2 aromatic heterocycles. The molecule has 1 N–H and O–H groups in total. The number of piperidine rings is 1. The Morgan fingerprint density at radius 2 is 2.19 bits per heavy atom. The summed E-state index contributed by atoms with van der Waals surface area (Å²) in [6.07, 6.45) is 2.87. The average molecular weight is 378 g/mol. The van der Waals surface area contributed by atoms with E-state index in [0.29, 0.717) is 17.4 Å². The lowest BCUT2D eigenvalue weighted by Crippen LogP contribution is -2.43. The third kappa shape index (κ3) is 4.06. The summed E-state index contributed by atoms with van der Waals surface area (Å²) < 4.78 is 1.39. The second-order valence-corrected chi connectivity index (χ2v) is 8.87. The molecule has 3 heterocycles. The van der Waals surface area contributed by atoms with Crippen LogP contribution in [0.3, 0.4) is 0 Å². The van der Waals surface area contributed by atoms with Gasteiger partial charge in [-0.05, 0) is 25.2 Å². The number of nitrogens with zero attached hydrogens (tertiary/aromatic N) is 4. The van der Waals surface area contributed by atoms with E-state index in [4.69, 9.17) is 0 Å². The second-order valence-electron chi connectivity index (χ2n) is 7.93. The Labute approximate surface area is 157 Å². The van der Waals surface area contributed by atoms with E-state index in [1.165, 1.54) is 15.9 Å². The maximum absolute atomic E-state index is 12.2. The third-order valence-corrected chi connectivity index (χ3v) is 5.64. The summed E-state index contributed by atoms with van der Waals surface area (Å²) in [6.45, 7) is 10.2. The number of hydrogen-bond acceptors (Lipinski definition) is 6. The number of hydrogen-bond donors (Lipinski definition) is 1. The van der Waals surface area contributed by atoms with Crippen LogP contribution in [0.15, 0.2) is 10.9 Å². The van der Waals surface area contributed by atoms with Crippen molar-refractivity contribution in [2.45, 2.75) is 47.0 Å². The Balaban J connectivity index is 1.71. The van der Waals surface area contributed by atoms with Crippen LogP contribution >= 0.6 is 11.3 Å². The van der Waals surface area contributed by atoms with Gasteiger partial charge in [-0.25, -0.2) is 4.98 Å². The van der Waals surface area contributed by atoms with Crippen molar-refractivity contribution in [2.75, 3.05) is 24.5 Å². The van der Waals surface area contributed by atoms with Crippen molar-refractivity contribution in [3.8, 4) is 0 Å². The highest BCUT2D eigenvalue weighted by Gasteiger charge is 2.26. The Bertz CT molecular complexity index is 851. The lowest BCUT2D eigenvalue weighted by Gasteiger charge is -2.32. The first-order valence-electron chi connectivity index (χ1n) is 9.21. The number of carbonyl (C=O) groups excluding carboxylic acids is 1. The first-order chi connectivity index (χ1) is 12.3. The van der Waals surface area contributed by atoms with Crippen LogP contribution in [-0.4, -0.2) is 40.1 Å². The molecule has 1 fully saturated rings. The molecule has 1 atom stereocenters.